The average molecular weight is 341 g/mol. The molecule has 4 nitrogen and oxygen atoms in total. The van der Waals surface area contributed by atoms with Crippen molar-refractivity contribution in [1.29, 1.82) is 0 Å². The Balaban J connectivity index is 1.96. The summed E-state index contributed by atoms with van der Waals surface area (Å²) in [4.78, 5) is 15.5. The van der Waals surface area contributed by atoms with Gasteiger partial charge >= 0.3 is 0 Å². The van der Waals surface area contributed by atoms with E-state index in [4.69, 9.17) is 12.2 Å². The van der Waals surface area contributed by atoms with E-state index >= 15 is 0 Å². The monoisotopic (exact) mass is 341 g/mol. The van der Waals surface area contributed by atoms with Crippen LogP contribution >= 0.6 is 12.2 Å². The zero-order chi connectivity index (χ0) is 17.3. The van der Waals surface area contributed by atoms with Crippen molar-refractivity contribution in [3.8, 4) is 5.69 Å². The highest BCUT2D eigenvalue weighted by molar-refractivity contribution is 7.71. The van der Waals surface area contributed by atoms with Gasteiger partial charge in [-0.1, -0.05) is 6.07 Å². The topological polar surface area (TPSA) is 49.8 Å². The summed E-state index contributed by atoms with van der Waals surface area (Å²) in [6.07, 6.45) is 1.55. The van der Waals surface area contributed by atoms with Crippen LogP contribution in [0.3, 0.4) is 0 Å². The van der Waals surface area contributed by atoms with Gasteiger partial charge in [0.1, 0.15) is 11.5 Å². The number of nitrogens with zero attached hydrogens (tertiary/aromatic N) is 1. The van der Waals surface area contributed by atoms with Gasteiger partial charge in [-0.25, -0.2) is 4.39 Å². The molecule has 2 aromatic carbocycles. The van der Waals surface area contributed by atoms with Crippen molar-refractivity contribution < 1.29 is 9.18 Å². The minimum absolute atomic E-state index is 0.295. The lowest BCUT2D eigenvalue weighted by atomic mass is 10.1. The molecule has 1 aromatic heterocycles. The Morgan fingerprint density at radius 3 is 2.38 bits per heavy atom. The first-order valence-electron chi connectivity index (χ1n) is 7.40. The van der Waals surface area contributed by atoms with Gasteiger partial charge in [-0.15, -0.1) is 0 Å². The smallest absolute Gasteiger partial charge is 0.274 e. The van der Waals surface area contributed by atoms with Gasteiger partial charge in [-0.2, -0.15) is 0 Å². The van der Waals surface area contributed by atoms with Crippen LogP contribution in [0, 0.1) is 24.4 Å². The Morgan fingerprint density at radius 2 is 1.75 bits per heavy atom. The van der Waals surface area contributed by atoms with Crippen molar-refractivity contribution >= 4 is 23.8 Å². The number of hydrogen-bond donors (Lipinski definition) is 2. The van der Waals surface area contributed by atoms with Crippen LogP contribution < -0.4 is 5.32 Å². The lowest BCUT2D eigenvalue weighted by Crippen LogP contribution is -2.16. The molecule has 3 rings (SSSR count). The average Bonchev–Trinajstić information content (AvgIpc) is 2.89. The maximum absolute atomic E-state index is 13.1. The molecule has 0 unspecified atom stereocenters. The first kappa shape index (κ1) is 16.1. The minimum Gasteiger partial charge on any atom is -0.336 e. The number of hydrogen-bond acceptors (Lipinski definition) is 2. The predicted molar refractivity (Wildman–Crippen MR) is 94.8 cm³/mol. The van der Waals surface area contributed by atoms with E-state index in [9.17, 15) is 9.18 Å². The Bertz CT molecular complexity index is 937. The molecule has 0 aliphatic rings. The Hall–Kier alpha value is -2.73. The summed E-state index contributed by atoms with van der Waals surface area (Å²) in [5.74, 6) is -0.640. The number of carbonyl (C=O) groups is 1. The number of aromatic amines is 1. The highest BCUT2D eigenvalue weighted by Crippen LogP contribution is 2.17. The van der Waals surface area contributed by atoms with Crippen LogP contribution in [-0.2, 0) is 0 Å². The summed E-state index contributed by atoms with van der Waals surface area (Å²) in [5.41, 5.74) is 3.82. The standard InChI is InChI=1S/C18H16FN3OS/c1-11-7-12(2)9-14(8-11)21-17(23)16-10-20-18(24)22(16)15-5-3-13(19)4-6-15/h3-10H,1-2H3,(H,20,24)(H,21,23). The molecule has 0 radical (unpaired) electrons. The SMILES string of the molecule is Cc1cc(C)cc(NC(=O)c2c[nH]c(=S)n2-c2ccc(F)cc2)c1. The number of halogens is 1. The van der Waals surface area contributed by atoms with Gasteiger partial charge in [0.05, 0.1) is 0 Å². The van der Waals surface area contributed by atoms with Crippen LogP contribution in [0.5, 0.6) is 0 Å². The van der Waals surface area contributed by atoms with E-state index in [1.807, 2.05) is 32.0 Å². The van der Waals surface area contributed by atoms with Crippen LogP contribution in [0.15, 0.2) is 48.7 Å². The van der Waals surface area contributed by atoms with Gasteiger partial charge in [-0.05, 0) is 73.6 Å². The molecule has 1 amide bonds. The Kier molecular flexibility index (Phi) is 4.31. The molecule has 0 saturated heterocycles. The van der Waals surface area contributed by atoms with Crippen molar-refractivity contribution in [2.45, 2.75) is 13.8 Å². The van der Waals surface area contributed by atoms with Gasteiger partial charge in [-0.3, -0.25) is 9.36 Å². The first-order chi connectivity index (χ1) is 11.4. The molecule has 0 spiro atoms. The van der Waals surface area contributed by atoms with E-state index in [1.54, 1.807) is 22.9 Å². The molecule has 0 atom stereocenters. The largest absolute Gasteiger partial charge is 0.336 e. The predicted octanol–water partition coefficient (Wildman–Crippen LogP) is 4.54. The maximum atomic E-state index is 13.1. The number of imidazole rings is 1. The van der Waals surface area contributed by atoms with Gasteiger partial charge in [0.15, 0.2) is 4.77 Å². The summed E-state index contributed by atoms with van der Waals surface area (Å²) in [7, 11) is 0. The highest BCUT2D eigenvalue weighted by atomic mass is 32.1. The van der Waals surface area contributed by atoms with E-state index in [-0.39, 0.29) is 11.7 Å². The molecular formula is C18H16FN3OS. The zero-order valence-corrected chi connectivity index (χ0v) is 14.1. The second-order valence-electron chi connectivity index (χ2n) is 5.62. The molecule has 2 N–H and O–H groups in total. The molecule has 0 bridgehead atoms. The quantitative estimate of drug-likeness (QED) is 0.687. The lowest BCUT2D eigenvalue weighted by molar-refractivity contribution is 0.102. The van der Waals surface area contributed by atoms with Crippen LogP contribution in [0.2, 0.25) is 0 Å². The van der Waals surface area contributed by atoms with Crippen molar-refractivity contribution in [3.05, 3.63) is 76.1 Å². The third-order valence-electron chi connectivity index (χ3n) is 3.57. The first-order valence-corrected chi connectivity index (χ1v) is 7.81. The molecule has 24 heavy (non-hydrogen) atoms. The molecule has 0 fully saturated rings. The number of H-pyrrole nitrogens is 1. The van der Waals surface area contributed by atoms with Crippen molar-refractivity contribution in [3.63, 3.8) is 0 Å². The molecule has 6 heteroatoms. The number of aromatic nitrogens is 2. The van der Waals surface area contributed by atoms with Crippen molar-refractivity contribution in [2.24, 2.45) is 0 Å². The number of aryl methyl sites for hydroxylation is 2. The van der Waals surface area contributed by atoms with Crippen LogP contribution in [-0.4, -0.2) is 15.5 Å². The fourth-order valence-electron chi connectivity index (χ4n) is 2.62. The van der Waals surface area contributed by atoms with Crippen molar-refractivity contribution in [1.82, 2.24) is 9.55 Å². The fourth-order valence-corrected chi connectivity index (χ4v) is 2.89. The number of benzene rings is 2. The number of amides is 1. The maximum Gasteiger partial charge on any atom is 0.274 e. The van der Waals surface area contributed by atoms with Crippen molar-refractivity contribution in [2.75, 3.05) is 5.32 Å². The Labute approximate surface area is 144 Å². The van der Waals surface area contributed by atoms with Crippen LogP contribution in [0.4, 0.5) is 10.1 Å². The van der Waals surface area contributed by atoms with E-state index in [0.29, 0.717) is 16.2 Å². The summed E-state index contributed by atoms with van der Waals surface area (Å²) in [5, 5.41) is 2.87. The Morgan fingerprint density at radius 1 is 1.12 bits per heavy atom. The summed E-state index contributed by atoms with van der Waals surface area (Å²) in [6, 6.07) is 11.6. The minimum atomic E-state index is -0.345. The summed E-state index contributed by atoms with van der Waals surface area (Å²) < 4.78 is 15.1. The van der Waals surface area contributed by atoms with Gasteiger partial charge in [0.2, 0.25) is 0 Å². The van der Waals surface area contributed by atoms with E-state index in [1.165, 1.54) is 12.1 Å². The van der Waals surface area contributed by atoms with E-state index in [0.717, 1.165) is 16.8 Å². The molecule has 3 aromatic rings. The fraction of sp³-hybridized carbons (Fsp3) is 0.111. The zero-order valence-electron chi connectivity index (χ0n) is 13.3. The number of anilines is 1. The lowest BCUT2D eigenvalue weighted by Gasteiger charge is -2.10. The van der Waals surface area contributed by atoms with Gasteiger partial charge in [0, 0.05) is 17.6 Å². The highest BCUT2D eigenvalue weighted by Gasteiger charge is 2.15. The second-order valence-corrected chi connectivity index (χ2v) is 6.01. The molecule has 122 valence electrons. The normalized spacial score (nSPS) is 10.6. The van der Waals surface area contributed by atoms with Crippen LogP contribution in [0.1, 0.15) is 21.6 Å². The van der Waals surface area contributed by atoms with Crippen LogP contribution in [0.25, 0.3) is 5.69 Å². The second kappa shape index (κ2) is 6.41. The van der Waals surface area contributed by atoms with Gasteiger partial charge in [0.25, 0.3) is 5.91 Å². The molecule has 1 heterocycles. The number of carbonyl (C=O) groups excluding carboxylic acids is 1. The number of rotatable bonds is 3. The number of nitrogens with one attached hydrogen (secondary N) is 2. The third-order valence-corrected chi connectivity index (χ3v) is 3.87. The van der Waals surface area contributed by atoms with E-state index in [2.05, 4.69) is 10.3 Å². The molecular weight excluding hydrogens is 325 g/mol. The summed E-state index contributed by atoms with van der Waals surface area (Å²) in [6.45, 7) is 3.94. The van der Waals surface area contributed by atoms with Gasteiger partial charge < -0.3 is 10.3 Å². The molecule has 0 aliphatic carbocycles. The van der Waals surface area contributed by atoms with E-state index < -0.39 is 0 Å². The molecule has 0 aliphatic heterocycles. The third kappa shape index (κ3) is 3.28. The molecule has 0 saturated carbocycles. The summed E-state index contributed by atoms with van der Waals surface area (Å²) >= 11 is 5.25.